The first-order valence-corrected chi connectivity index (χ1v) is 7.95. The predicted octanol–water partition coefficient (Wildman–Crippen LogP) is 1.70. The Hall–Kier alpha value is -0.610. The van der Waals surface area contributed by atoms with Crippen molar-refractivity contribution in [3.63, 3.8) is 0 Å². The van der Waals surface area contributed by atoms with E-state index in [1.165, 1.54) is 38.8 Å². The summed E-state index contributed by atoms with van der Waals surface area (Å²) in [5, 5.41) is 12.5. The molecule has 0 aromatic rings. The van der Waals surface area contributed by atoms with Crippen LogP contribution < -0.4 is 5.32 Å². The van der Waals surface area contributed by atoms with Crippen molar-refractivity contribution in [1.82, 2.24) is 10.2 Å². The van der Waals surface area contributed by atoms with Crippen LogP contribution in [0.15, 0.2) is 0 Å². The lowest BCUT2D eigenvalue weighted by molar-refractivity contribution is -0.137. The number of rotatable bonds is 4. The van der Waals surface area contributed by atoms with Gasteiger partial charge in [0.25, 0.3) is 0 Å². The molecule has 0 bridgehead atoms. The fraction of sp³-hybridized carbons (Fsp3) is 0.933. The first-order valence-electron chi connectivity index (χ1n) is 7.95. The average molecular weight is 266 g/mol. The highest BCUT2D eigenvalue weighted by atomic mass is 16.4. The van der Waals surface area contributed by atoms with Crippen molar-refractivity contribution in [3.05, 3.63) is 0 Å². The Kier molecular flexibility index (Phi) is 4.08. The minimum Gasteiger partial charge on any atom is -0.481 e. The van der Waals surface area contributed by atoms with E-state index < -0.39 is 5.97 Å². The van der Waals surface area contributed by atoms with E-state index in [2.05, 4.69) is 10.2 Å². The summed E-state index contributed by atoms with van der Waals surface area (Å²) in [7, 11) is 0. The molecule has 0 aromatic heterocycles. The number of hydrogen-bond donors (Lipinski definition) is 2. The molecule has 4 heteroatoms. The molecule has 0 amide bonds. The number of aliphatic carboxylic acids is 1. The molecule has 0 saturated carbocycles. The first kappa shape index (κ1) is 13.4. The van der Waals surface area contributed by atoms with Crippen molar-refractivity contribution in [2.24, 2.45) is 11.8 Å². The molecule has 3 saturated heterocycles. The number of nitrogens with zero attached hydrogens (tertiary/aromatic N) is 1. The maximum atomic E-state index is 10.7. The summed E-state index contributed by atoms with van der Waals surface area (Å²) in [4.78, 5) is 13.4. The van der Waals surface area contributed by atoms with Gasteiger partial charge in [-0.2, -0.15) is 0 Å². The summed E-state index contributed by atoms with van der Waals surface area (Å²) in [6.45, 7) is 3.73. The minimum atomic E-state index is -0.656. The van der Waals surface area contributed by atoms with Crippen LogP contribution in [-0.2, 0) is 4.79 Å². The standard InChI is InChI=1S/C15H26N2O2/c18-14(19)7-1-6-13-12-5-3-9-17-8-2-4-11(10-16-13)15(12)17/h11-13,15-16H,1-10H2,(H,18,19)/t11-,12+,13+,15-/m0/s1. The highest BCUT2D eigenvalue weighted by Gasteiger charge is 2.45. The van der Waals surface area contributed by atoms with Crippen molar-refractivity contribution in [2.45, 2.75) is 57.0 Å². The molecule has 0 spiro atoms. The largest absolute Gasteiger partial charge is 0.481 e. The Morgan fingerprint density at radius 1 is 1.26 bits per heavy atom. The lowest BCUT2D eigenvalue weighted by Crippen LogP contribution is -2.63. The third-order valence-corrected chi connectivity index (χ3v) is 5.41. The van der Waals surface area contributed by atoms with Crippen LogP contribution in [0.4, 0.5) is 0 Å². The number of carbonyl (C=O) groups is 1. The Morgan fingerprint density at radius 2 is 2.05 bits per heavy atom. The molecule has 4 nitrogen and oxygen atoms in total. The lowest BCUT2D eigenvalue weighted by atomic mass is 9.70. The smallest absolute Gasteiger partial charge is 0.303 e. The highest BCUT2D eigenvalue weighted by Crippen LogP contribution is 2.39. The molecule has 4 atom stereocenters. The second-order valence-electron chi connectivity index (χ2n) is 6.54. The van der Waals surface area contributed by atoms with Crippen LogP contribution in [0.3, 0.4) is 0 Å². The summed E-state index contributed by atoms with van der Waals surface area (Å²) < 4.78 is 0. The summed E-state index contributed by atoms with van der Waals surface area (Å²) in [5.41, 5.74) is 0. The van der Waals surface area contributed by atoms with Gasteiger partial charge in [-0.15, -0.1) is 0 Å². The monoisotopic (exact) mass is 266 g/mol. The lowest BCUT2D eigenvalue weighted by Gasteiger charge is -2.54. The van der Waals surface area contributed by atoms with Crippen LogP contribution in [0.25, 0.3) is 0 Å². The van der Waals surface area contributed by atoms with E-state index in [4.69, 9.17) is 5.11 Å². The van der Waals surface area contributed by atoms with Crippen LogP contribution in [0.1, 0.15) is 44.9 Å². The number of piperidine rings is 3. The molecule has 0 aliphatic carbocycles. The first-order chi connectivity index (χ1) is 9.25. The third-order valence-electron chi connectivity index (χ3n) is 5.41. The average Bonchev–Trinajstić information content (AvgIpc) is 2.41. The molecule has 19 heavy (non-hydrogen) atoms. The van der Waals surface area contributed by atoms with Gasteiger partial charge in [0.15, 0.2) is 0 Å². The highest BCUT2D eigenvalue weighted by molar-refractivity contribution is 5.66. The van der Waals surface area contributed by atoms with Gasteiger partial charge in [-0.1, -0.05) is 0 Å². The quantitative estimate of drug-likeness (QED) is 0.813. The number of hydrogen-bond acceptors (Lipinski definition) is 3. The van der Waals surface area contributed by atoms with Crippen molar-refractivity contribution in [3.8, 4) is 0 Å². The molecular formula is C15H26N2O2. The van der Waals surface area contributed by atoms with Crippen molar-refractivity contribution in [2.75, 3.05) is 19.6 Å². The SMILES string of the molecule is O=C(O)CCC[C@H]1NC[C@@H]2CCCN3CCC[C@H]1[C@H]23. The fourth-order valence-electron chi connectivity index (χ4n) is 4.66. The number of nitrogens with one attached hydrogen (secondary N) is 1. The van der Waals surface area contributed by atoms with E-state index in [1.54, 1.807) is 0 Å². The zero-order valence-electron chi connectivity index (χ0n) is 11.7. The molecular weight excluding hydrogens is 240 g/mol. The zero-order valence-corrected chi connectivity index (χ0v) is 11.7. The second kappa shape index (κ2) is 5.80. The molecule has 0 unspecified atom stereocenters. The van der Waals surface area contributed by atoms with Crippen molar-refractivity contribution < 1.29 is 9.90 Å². The minimum absolute atomic E-state index is 0.322. The maximum Gasteiger partial charge on any atom is 0.303 e. The van der Waals surface area contributed by atoms with Gasteiger partial charge in [0, 0.05) is 18.5 Å². The Labute approximate surface area is 115 Å². The van der Waals surface area contributed by atoms with Gasteiger partial charge in [0.05, 0.1) is 0 Å². The van der Waals surface area contributed by atoms with E-state index in [9.17, 15) is 4.79 Å². The molecule has 3 aliphatic heterocycles. The Morgan fingerprint density at radius 3 is 2.84 bits per heavy atom. The molecule has 3 heterocycles. The number of carboxylic acids is 1. The van der Waals surface area contributed by atoms with Crippen LogP contribution in [0.5, 0.6) is 0 Å². The van der Waals surface area contributed by atoms with Crippen LogP contribution in [0, 0.1) is 11.8 Å². The van der Waals surface area contributed by atoms with Gasteiger partial charge in [0.1, 0.15) is 0 Å². The molecule has 0 aromatic carbocycles. The van der Waals surface area contributed by atoms with Gasteiger partial charge in [-0.05, 0) is 70.0 Å². The van der Waals surface area contributed by atoms with E-state index in [0.717, 1.165) is 37.3 Å². The molecule has 2 N–H and O–H groups in total. The van der Waals surface area contributed by atoms with Gasteiger partial charge in [-0.3, -0.25) is 9.69 Å². The van der Waals surface area contributed by atoms with E-state index in [0.29, 0.717) is 12.5 Å². The van der Waals surface area contributed by atoms with Crippen LogP contribution in [0.2, 0.25) is 0 Å². The van der Waals surface area contributed by atoms with Crippen LogP contribution in [-0.4, -0.2) is 47.7 Å². The van der Waals surface area contributed by atoms with Gasteiger partial charge in [0.2, 0.25) is 0 Å². The molecule has 3 aliphatic rings. The van der Waals surface area contributed by atoms with Gasteiger partial charge >= 0.3 is 5.97 Å². The summed E-state index contributed by atoms with van der Waals surface area (Å²) in [6.07, 6.45) is 7.58. The topological polar surface area (TPSA) is 52.6 Å². The predicted molar refractivity (Wildman–Crippen MR) is 74.1 cm³/mol. The van der Waals surface area contributed by atoms with Crippen molar-refractivity contribution >= 4 is 5.97 Å². The van der Waals surface area contributed by atoms with Crippen molar-refractivity contribution in [1.29, 1.82) is 0 Å². The molecule has 3 fully saturated rings. The van der Waals surface area contributed by atoms with Crippen LogP contribution >= 0.6 is 0 Å². The molecule has 108 valence electrons. The fourth-order valence-corrected chi connectivity index (χ4v) is 4.66. The van der Waals surface area contributed by atoms with E-state index >= 15 is 0 Å². The van der Waals surface area contributed by atoms with E-state index in [-0.39, 0.29) is 0 Å². The summed E-state index contributed by atoms with van der Waals surface area (Å²) in [6, 6.07) is 1.35. The normalized spacial score (nSPS) is 38.7. The number of carboxylic acid groups (broad SMARTS) is 1. The van der Waals surface area contributed by atoms with Gasteiger partial charge < -0.3 is 10.4 Å². The maximum absolute atomic E-state index is 10.7. The van der Waals surface area contributed by atoms with Gasteiger partial charge in [-0.25, -0.2) is 0 Å². The second-order valence-corrected chi connectivity index (χ2v) is 6.54. The summed E-state index contributed by atoms with van der Waals surface area (Å²) >= 11 is 0. The Balaban J connectivity index is 1.62. The third kappa shape index (κ3) is 2.79. The Bertz CT molecular complexity index is 325. The van der Waals surface area contributed by atoms with E-state index in [1.807, 2.05) is 0 Å². The summed E-state index contributed by atoms with van der Waals surface area (Å²) in [5.74, 6) is 0.952. The zero-order chi connectivity index (χ0) is 13.2. The molecule has 0 radical (unpaired) electrons. The molecule has 3 rings (SSSR count).